The number of fused-ring (bicyclic) bond motifs is 1. The molecule has 14 unspecified atom stereocenters. The van der Waals surface area contributed by atoms with E-state index in [0.717, 1.165) is 5.56 Å². The molecule has 1 aromatic rings. The van der Waals surface area contributed by atoms with Crippen molar-refractivity contribution in [3.8, 4) is 0 Å². The van der Waals surface area contributed by atoms with Crippen molar-refractivity contribution in [2.45, 2.75) is 102 Å². The lowest BCUT2D eigenvalue weighted by atomic mass is 9.33. The first kappa shape index (κ1) is 28.5. The number of carbonyl (C=O) groups is 3. The number of hydrogen-bond donors (Lipinski definition) is 2. The van der Waals surface area contributed by atoms with Gasteiger partial charge in [-0.3, -0.25) is 14.4 Å². The van der Waals surface area contributed by atoms with Crippen molar-refractivity contribution in [2.24, 2.45) is 33.5 Å². The number of esters is 2. The molecule has 2 aliphatic heterocycles. The van der Waals surface area contributed by atoms with Gasteiger partial charge in [-0.25, -0.2) is 0 Å². The van der Waals surface area contributed by atoms with Gasteiger partial charge in [0.05, 0.1) is 48.3 Å². The molecule has 1 aromatic heterocycles. The Morgan fingerprint density at radius 2 is 1.71 bits per heavy atom. The Bertz CT molecular complexity index is 1330. The van der Waals surface area contributed by atoms with Gasteiger partial charge in [0, 0.05) is 50.0 Å². The number of rotatable bonds is 4. The van der Waals surface area contributed by atoms with Crippen LogP contribution in [0.5, 0.6) is 0 Å². The van der Waals surface area contributed by atoms with E-state index in [9.17, 15) is 19.8 Å². The molecule has 3 heterocycles. The van der Waals surface area contributed by atoms with Crippen LogP contribution in [0.4, 0.5) is 0 Å². The number of hydrogen-bond acceptors (Lipinski definition) is 11. The molecule has 230 valence electrons. The highest BCUT2D eigenvalue weighted by Gasteiger charge is 2.92. The Labute approximate surface area is 244 Å². The summed E-state index contributed by atoms with van der Waals surface area (Å²) in [6, 6.07) is 1.86. The van der Waals surface area contributed by atoms with Gasteiger partial charge < -0.3 is 38.3 Å². The maximum atomic E-state index is 15.1. The molecule has 6 aliphatic rings. The standard InChI is InChI=1S/C31H40O11/c1-14(32)40-21-11-20(35)30-13-39-26(37-6)27(21,3)18(30)10-19(34)29(5)24(30)23(36)25(41-15(2)33)28(4)17(16-7-8-38-12-16)9-22-31(28,29)42-22/h7-8,12,17-22,24-26,34-35H,9-11,13H2,1-6H3. The summed E-state index contributed by atoms with van der Waals surface area (Å²) < 4.78 is 35.9. The highest BCUT2D eigenvalue weighted by Crippen LogP contribution is 2.82. The van der Waals surface area contributed by atoms with E-state index in [1.165, 1.54) is 21.0 Å². The summed E-state index contributed by atoms with van der Waals surface area (Å²) in [4.78, 5) is 39.9. The SMILES string of the molecule is COC1OCC23C(O)CC(OC(C)=O)C1(C)C2CC(O)C1(C)C3C(=O)C(OC(C)=O)C2(C)C(c3ccoc3)CC3OC321. The number of Topliss-reactive ketones (excluding diaryl/α,β-unsaturated/α-hetero) is 1. The Hall–Kier alpha value is -2.31. The summed E-state index contributed by atoms with van der Waals surface area (Å²) in [6.45, 7) is 8.28. The lowest BCUT2D eigenvalue weighted by Crippen LogP contribution is -2.82. The van der Waals surface area contributed by atoms with Crippen LogP contribution in [-0.4, -0.2) is 84.1 Å². The molecule has 0 aromatic carbocycles. The third-order valence-corrected chi connectivity index (χ3v) is 12.8. The zero-order valence-corrected chi connectivity index (χ0v) is 24.8. The predicted octanol–water partition coefficient (Wildman–Crippen LogP) is 2.12. The molecule has 7 rings (SSSR count). The summed E-state index contributed by atoms with van der Waals surface area (Å²) in [6.07, 6.45) is -1.20. The number of carbonyl (C=O) groups excluding carboxylic acids is 3. The minimum Gasteiger partial charge on any atom is -0.472 e. The number of furan rings is 1. The minimum absolute atomic E-state index is 0.0200. The van der Waals surface area contributed by atoms with Gasteiger partial charge in [-0.1, -0.05) is 20.8 Å². The first-order valence-corrected chi connectivity index (χ1v) is 14.8. The zero-order valence-electron chi connectivity index (χ0n) is 24.8. The Balaban J connectivity index is 1.44. The normalized spacial score (nSPS) is 53.7. The molecule has 42 heavy (non-hydrogen) atoms. The van der Waals surface area contributed by atoms with E-state index in [1.54, 1.807) is 12.5 Å². The van der Waals surface area contributed by atoms with Crippen molar-refractivity contribution < 1.29 is 52.7 Å². The van der Waals surface area contributed by atoms with Crippen molar-refractivity contribution in [3.05, 3.63) is 24.2 Å². The maximum Gasteiger partial charge on any atom is 0.303 e. The second kappa shape index (κ2) is 8.65. The van der Waals surface area contributed by atoms with Crippen molar-refractivity contribution in [2.75, 3.05) is 13.7 Å². The molecule has 6 fully saturated rings. The van der Waals surface area contributed by atoms with Crippen molar-refractivity contribution in [3.63, 3.8) is 0 Å². The molecule has 4 saturated carbocycles. The fourth-order valence-corrected chi connectivity index (χ4v) is 11.3. The fraction of sp³-hybridized carbons (Fsp3) is 0.774. The van der Waals surface area contributed by atoms with E-state index in [-0.39, 0.29) is 37.3 Å². The summed E-state index contributed by atoms with van der Waals surface area (Å²) in [5.41, 5.74) is -4.51. The lowest BCUT2D eigenvalue weighted by Gasteiger charge is -2.73. The van der Waals surface area contributed by atoms with Gasteiger partial charge in [-0.2, -0.15) is 0 Å². The number of methoxy groups -OCH3 is 1. The number of aliphatic hydroxyl groups is 2. The summed E-state index contributed by atoms with van der Waals surface area (Å²) in [5, 5.41) is 24.4. The third-order valence-electron chi connectivity index (χ3n) is 12.8. The van der Waals surface area contributed by atoms with Crippen LogP contribution in [0.3, 0.4) is 0 Å². The summed E-state index contributed by atoms with van der Waals surface area (Å²) >= 11 is 0. The second-order valence-corrected chi connectivity index (χ2v) is 14.1. The van der Waals surface area contributed by atoms with Crippen molar-refractivity contribution >= 4 is 17.7 Å². The first-order chi connectivity index (χ1) is 19.8. The lowest BCUT2D eigenvalue weighted by molar-refractivity contribution is -0.377. The van der Waals surface area contributed by atoms with Crippen LogP contribution in [0.25, 0.3) is 0 Å². The van der Waals surface area contributed by atoms with E-state index < -0.39 is 81.7 Å². The summed E-state index contributed by atoms with van der Waals surface area (Å²) in [5.74, 6) is -3.23. The molecule has 14 atom stereocenters. The van der Waals surface area contributed by atoms with Crippen LogP contribution in [0.15, 0.2) is 23.0 Å². The maximum absolute atomic E-state index is 15.1. The molecular formula is C31H40O11. The van der Waals surface area contributed by atoms with Crippen LogP contribution < -0.4 is 0 Å². The predicted molar refractivity (Wildman–Crippen MR) is 142 cm³/mol. The first-order valence-electron chi connectivity index (χ1n) is 14.8. The van der Waals surface area contributed by atoms with E-state index >= 15 is 4.79 Å². The van der Waals surface area contributed by atoms with Gasteiger partial charge in [0.15, 0.2) is 18.2 Å². The molecule has 2 bridgehead atoms. The average molecular weight is 589 g/mol. The monoisotopic (exact) mass is 588 g/mol. The molecule has 11 heteroatoms. The number of ether oxygens (including phenoxy) is 5. The van der Waals surface area contributed by atoms with Crippen LogP contribution >= 0.6 is 0 Å². The second-order valence-electron chi connectivity index (χ2n) is 14.1. The number of epoxide rings is 1. The molecule has 1 spiro atoms. The Morgan fingerprint density at radius 1 is 1.00 bits per heavy atom. The third kappa shape index (κ3) is 2.93. The topological polar surface area (TPSA) is 154 Å². The molecule has 4 aliphatic carbocycles. The quantitative estimate of drug-likeness (QED) is 0.393. The van der Waals surface area contributed by atoms with Gasteiger partial charge in [0.2, 0.25) is 0 Å². The fourth-order valence-electron chi connectivity index (χ4n) is 11.3. The van der Waals surface area contributed by atoms with Crippen molar-refractivity contribution in [1.29, 1.82) is 0 Å². The molecule has 0 amide bonds. The Kier molecular flexibility index (Phi) is 5.86. The largest absolute Gasteiger partial charge is 0.472 e. The molecule has 0 radical (unpaired) electrons. The van der Waals surface area contributed by atoms with Gasteiger partial charge in [-0.05, 0) is 30.4 Å². The highest BCUT2D eigenvalue weighted by atomic mass is 16.7. The smallest absolute Gasteiger partial charge is 0.303 e. The average Bonchev–Trinajstić information content (AvgIpc) is 3.28. The van der Waals surface area contributed by atoms with Gasteiger partial charge in [0.25, 0.3) is 0 Å². The van der Waals surface area contributed by atoms with Gasteiger partial charge in [0.1, 0.15) is 11.7 Å². The zero-order chi connectivity index (χ0) is 30.2. The molecule has 2 N–H and O–H groups in total. The van der Waals surface area contributed by atoms with Crippen LogP contribution in [0, 0.1) is 33.5 Å². The molecular weight excluding hydrogens is 548 g/mol. The van der Waals surface area contributed by atoms with Crippen molar-refractivity contribution in [1.82, 2.24) is 0 Å². The highest BCUT2D eigenvalue weighted by molar-refractivity contribution is 5.93. The summed E-state index contributed by atoms with van der Waals surface area (Å²) in [7, 11) is 1.51. The Morgan fingerprint density at radius 3 is 2.33 bits per heavy atom. The van der Waals surface area contributed by atoms with E-state index in [4.69, 9.17) is 28.1 Å². The van der Waals surface area contributed by atoms with E-state index in [1.807, 2.05) is 26.8 Å². The molecule has 2 saturated heterocycles. The minimum atomic E-state index is -1.20. The van der Waals surface area contributed by atoms with E-state index in [0.29, 0.717) is 6.42 Å². The number of aliphatic hydroxyl groups excluding tert-OH is 2. The van der Waals surface area contributed by atoms with Gasteiger partial charge >= 0.3 is 11.9 Å². The van der Waals surface area contributed by atoms with Crippen LogP contribution in [-0.2, 0) is 38.1 Å². The van der Waals surface area contributed by atoms with Crippen LogP contribution in [0.2, 0.25) is 0 Å². The van der Waals surface area contributed by atoms with E-state index in [2.05, 4.69) is 0 Å². The van der Waals surface area contributed by atoms with Crippen LogP contribution in [0.1, 0.15) is 65.4 Å². The van der Waals surface area contributed by atoms with Gasteiger partial charge in [-0.15, -0.1) is 0 Å². The molecule has 11 nitrogen and oxygen atoms in total. The number of ketones is 1.